The van der Waals surface area contributed by atoms with Gasteiger partial charge in [0.25, 0.3) is 0 Å². The minimum Gasteiger partial charge on any atom is -0.454 e. The fourth-order valence-corrected chi connectivity index (χ4v) is 5.52. The molecule has 3 aromatic rings. The van der Waals surface area contributed by atoms with E-state index in [1.807, 2.05) is 12.1 Å². The van der Waals surface area contributed by atoms with Crippen LogP contribution in [0.15, 0.2) is 48.8 Å². The van der Waals surface area contributed by atoms with Crippen LogP contribution in [-0.4, -0.2) is 27.1 Å². The number of hydrogen-bond donors (Lipinski definition) is 2. The second-order valence-corrected chi connectivity index (χ2v) is 10.7. The van der Waals surface area contributed by atoms with E-state index in [9.17, 15) is 10.1 Å². The van der Waals surface area contributed by atoms with E-state index < -0.39 is 0 Å². The second-order valence-electron chi connectivity index (χ2n) is 10.3. The van der Waals surface area contributed by atoms with Gasteiger partial charge >= 0.3 is 0 Å². The molecule has 1 fully saturated rings. The van der Waals surface area contributed by atoms with Gasteiger partial charge in [-0.3, -0.25) is 9.89 Å². The molecule has 0 spiro atoms. The molecule has 2 heterocycles. The molecule has 1 aliphatic rings. The minimum absolute atomic E-state index is 0.00845. The Morgan fingerprint density at radius 3 is 2.53 bits per heavy atom. The van der Waals surface area contributed by atoms with Crippen molar-refractivity contribution < 1.29 is 9.53 Å². The lowest BCUT2D eigenvalue weighted by Crippen LogP contribution is -2.57. The number of ketones is 1. The van der Waals surface area contributed by atoms with Crippen molar-refractivity contribution in [2.75, 3.05) is 0 Å². The molecule has 0 bridgehead atoms. The Labute approximate surface area is 205 Å². The lowest BCUT2D eigenvalue weighted by Gasteiger charge is -2.46. The van der Waals surface area contributed by atoms with E-state index in [0.29, 0.717) is 45.6 Å². The number of benzene rings is 2. The number of nitriles is 1. The first-order valence-corrected chi connectivity index (χ1v) is 11.8. The molecule has 0 amide bonds. The van der Waals surface area contributed by atoms with E-state index in [1.54, 1.807) is 36.7 Å². The van der Waals surface area contributed by atoms with Gasteiger partial charge in [0.2, 0.25) is 0 Å². The quantitative estimate of drug-likeness (QED) is 0.395. The van der Waals surface area contributed by atoms with Crippen LogP contribution in [0, 0.1) is 17.2 Å². The normalized spacial score (nSPS) is 17.2. The van der Waals surface area contributed by atoms with Gasteiger partial charge in [0.1, 0.15) is 23.1 Å². The third-order valence-electron chi connectivity index (χ3n) is 6.17. The van der Waals surface area contributed by atoms with Crippen LogP contribution >= 0.6 is 11.6 Å². The first-order chi connectivity index (χ1) is 16.1. The van der Waals surface area contributed by atoms with Gasteiger partial charge in [-0.2, -0.15) is 10.4 Å². The maximum atomic E-state index is 13.1. The summed E-state index contributed by atoms with van der Waals surface area (Å²) in [7, 11) is 0. The molecule has 1 aliphatic heterocycles. The van der Waals surface area contributed by atoms with Gasteiger partial charge in [-0.05, 0) is 70.7 Å². The number of Topliss-reactive ketones (excluding diaryl/α,β-unsaturated/α-hetero) is 1. The monoisotopic (exact) mass is 476 g/mol. The van der Waals surface area contributed by atoms with Crippen molar-refractivity contribution in [1.29, 1.82) is 5.26 Å². The Hall–Kier alpha value is -3.14. The first-order valence-electron chi connectivity index (χ1n) is 11.4. The number of halogens is 1. The molecule has 7 heteroatoms. The molecule has 0 saturated carbocycles. The summed E-state index contributed by atoms with van der Waals surface area (Å²) in [5, 5.41) is 20.4. The molecule has 4 rings (SSSR count). The predicted molar refractivity (Wildman–Crippen MR) is 133 cm³/mol. The highest BCUT2D eigenvalue weighted by molar-refractivity contribution is 6.32. The average Bonchev–Trinajstić information content (AvgIpc) is 3.27. The number of H-pyrrole nitrogens is 1. The van der Waals surface area contributed by atoms with Crippen molar-refractivity contribution in [3.63, 3.8) is 0 Å². The Balaban J connectivity index is 1.52. The third kappa shape index (κ3) is 5.32. The van der Waals surface area contributed by atoms with Crippen LogP contribution in [0.25, 0.3) is 11.1 Å². The van der Waals surface area contributed by atoms with Crippen molar-refractivity contribution >= 4 is 17.4 Å². The van der Waals surface area contributed by atoms with Crippen LogP contribution in [0.2, 0.25) is 5.02 Å². The SMILES string of the molecule is CC1(C)CC(CC(=O)c2ccc(Oc3cccc(-c4cn[nH]c4)c3C#N)c(Cl)c2)CC(C)(C)N1. The highest BCUT2D eigenvalue weighted by Crippen LogP contribution is 2.38. The Morgan fingerprint density at radius 1 is 1.18 bits per heavy atom. The molecule has 1 saturated heterocycles. The van der Waals surface area contributed by atoms with Crippen molar-refractivity contribution in [2.24, 2.45) is 5.92 Å². The van der Waals surface area contributed by atoms with Crippen molar-refractivity contribution in [2.45, 2.75) is 58.0 Å². The molecule has 2 aromatic carbocycles. The number of ether oxygens (including phenoxy) is 1. The zero-order valence-corrected chi connectivity index (χ0v) is 20.7. The molecular weight excluding hydrogens is 448 g/mol. The molecule has 2 N–H and O–H groups in total. The number of hydrogen-bond acceptors (Lipinski definition) is 5. The van der Waals surface area contributed by atoms with Crippen LogP contribution in [0.1, 0.15) is 62.9 Å². The maximum absolute atomic E-state index is 13.1. The average molecular weight is 477 g/mol. The lowest BCUT2D eigenvalue weighted by molar-refractivity contribution is 0.0864. The zero-order chi connectivity index (χ0) is 24.5. The largest absolute Gasteiger partial charge is 0.454 e. The van der Waals surface area contributed by atoms with E-state index in [-0.39, 0.29) is 16.9 Å². The van der Waals surface area contributed by atoms with Gasteiger partial charge in [-0.25, -0.2) is 0 Å². The summed E-state index contributed by atoms with van der Waals surface area (Å²) in [6, 6.07) is 12.7. The third-order valence-corrected chi connectivity index (χ3v) is 6.47. The fraction of sp³-hybridized carbons (Fsp3) is 0.370. The molecule has 0 atom stereocenters. The number of carbonyl (C=O) groups is 1. The number of aromatic amines is 1. The molecule has 0 radical (unpaired) electrons. The van der Waals surface area contributed by atoms with Gasteiger partial charge in [-0.1, -0.05) is 23.7 Å². The zero-order valence-electron chi connectivity index (χ0n) is 19.9. The van der Waals surface area contributed by atoms with E-state index in [4.69, 9.17) is 16.3 Å². The topological polar surface area (TPSA) is 90.8 Å². The fourth-order valence-electron chi connectivity index (χ4n) is 5.30. The standard InChI is InChI=1S/C27H29ClN4O2/c1-26(2)12-17(13-27(3,4)32-26)10-23(33)18-8-9-25(22(28)11-18)34-24-7-5-6-20(21(24)14-29)19-15-30-31-16-19/h5-9,11,15-17,32H,10,12-13H2,1-4H3,(H,30,31). The summed E-state index contributed by atoms with van der Waals surface area (Å²) in [6.07, 6.45) is 5.74. The van der Waals surface area contributed by atoms with Gasteiger partial charge in [0.05, 0.1) is 11.2 Å². The van der Waals surface area contributed by atoms with Crippen LogP contribution in [0.5, 0.6) is 11.5 Å². The summed E-state index contributed by atoms with van der Waals surface area (Å²) >= 11 is 6.51. The number of rotatable bonds is 6. The summed E-state index contributed by atoms with van der Waals surface area (Å²) < 4.78 is 6.00. The maximum Gasteiger partial charge on any atom is 0.163 e. The number of piperidine rings is 1. The Bertz CT molecular complexity index is 1230. The van der Waals surface area contributed by atoms with Gasteiger partial charge in [0.15, 0.2) is 5.78 Å². The van der Waals surface area contributed by atoms with Crippen molar-refractivity contribution in [3.8, 4) is 28.7 Å². The Morgan fingerprint density at radius 2 is 1.91 bits per heavy atom. The number of nitrogens with one attached hydrogen (secondary N) is 2. The van der Waals surface area contributed by atoms with E-state index in [0.717, 1.165) is 18.4 Å². The molecule has 176 valence electrons. The van der Waals surface area contributed by atoms with E-state index in [2.05, 4.69) is 49.3 Å². The van der Waals surface area contributed by atoms with Gasteiger partial charge in [-0.15, -0.1) is 0 Å². The highest BCUT2D eigenvalue weighted by atomic mass is 35.5. The van der Waals surface area contributed by atoms with Crippen molar-refractivity contribution in [3.05, 3.63) is 64.9 Å². The molecule has 6 nitrogen and oxygen atoms in total. The van der Waals surface area contributed by atoms with Crippen LogP contribution < -0.4 is 10.1 Å². The van der Waals surface area contributed by atoms with E-state index in [1.165, 1.54) is 0 Å². The molecule has 1 aromatic heterocycles. The van der Waals surface area contributed by atoms with Gasteiger partial charge < -0.3 is 10.1 Å². The minimum atomic E-state index is -0.00845. The van der Waals surface area contributed by atoms with Gasteiger partial charge in [0, 0.05) is 40.4 Å². The highest BCUT2D eigenvalue weighted by Gasteiger charge is 2.38. The molecule has 0 unspecified atom stereocenters. The van der Waals surface area contributed by atoms with Crippen LogP contribution in [-0.2, 0) is 0 Å². The molecule has 34 heavy (non-hydrogen) atoms. The van der Waals surface area contributed by atoms with E-state index >= 15 is 0 Å². The smallest absolute Gasteiger partial charge is 0.163 e. The lowest BCUT2D eigenvalue weighted by atomic mass is 9.74. The first kappa shape index (κ1) is 24.0. The summed E-state index contributed by atoms with van der Waals surface area (Å²) in [5.41, 5.74) is 2.44. The summed E-state index contributed by atoms with van der Waals surface area (Å²) in [5.74, 6) is 1.16. The molecule has 0 aliphatic carbocycles. The molecular formula is C27H29ClN4O2. The Kier molecular flexibility index (Phi) is 6.53. The van der Waals surface area contributed by atoms with Crippen molar-refractivity contribution in [1.82, 2.24) is 15.5 Å². The number of carbonyl (C=O) groups excluding carboxylic acids is 1. The second kappa shape index (κ2) is 9.25. The predicted octanol–water partition coefficient (Wildman–Crippen LogP) is 6.52. The summed E-state index contributed by atoms with van der Waals surface area (Å²) in [6.45, 7) is 8.74. The number of aromatic nitrogens is 2. The van der Waals surface area contributed by atoms with Crippen LogP contribution in [0.3, 0.4) is 0 Å². The van der Waals surface area contributed by atoms with Crippen LogP contribution in [0.4, 0.5) is 0 Å². The summed E-state index contributed by atoms with van der Waals surface area (Å²) in [4.78, 5) is 13.1. The number of nitrogens with zero attached hydrogens (tertiary/aromatic N) is 2.